The van der Waals surface area contributed by atoms with Gasteiger partial charge in [0, 0.05) is 26.2 Å². The van der Waals surface area contributed by atoms with Crippen LogP contribution in [-0.2, 0) is 0 Å². The lowest BCUT2D eigenvalue weighted by molar-refractivity contribution is -0.187. The fraction of sp³-hybridized carbons (Fsp3) is 0.300. The molecule has 0 unspecified atom stereocenters. The Morgan fingerprint density at radius 3 is 2.08 bits per heavy atom. The van der Waals surface area contributed by atoms with Gasteiger partial charge < -0.3 is 5.32 Å². The van der Waals surface area contributed by atoms with Crippen molar-refractivity contribution in [1.29, 1.82) is 0 Å². The Hall–Kier alpha value is -1.82. The van der Waals surface area contributed by atoms with Crippen molar-refractivity contribution in [2.75, 3.05) is 26.2 Å². The Bertz CT molecular complexity index is 904. The Morgan fingerprint density at radius 2 is 1.42 bits per heavy atom. The highest BCUT2D eigenvalue weighted by Crippen LogP contribution is 2.42. The van der Waals surface area contributed by atoms with Gasteiger partial charge in [0.05, 0.1) is 0 Å². The first-order chi connectivity index (χ1) is 12.1. The number of nitrogens with one attached hydrogen (secondary N) is 1. The molecule has 138 valence electrons. The highest BCUT2D eigenvalue weighted by molar-refractivity contribution is 6.09. The van der Waals surface area contributed by atoms with Gasteiger partial charge in [0.15, 0.2) is 0 Å². The minimum absolute atomic E-state index is 0. The standard InChI is InChI=1S/C20H19F3N2.ClH/c21-20(22,23)19(25-11-9-24-10-12-25)18-13-14-5-1-2-6-15(14)16-7-3-4-8-17(16)18;/h1-8,13,19,24H,9-12H2;1H/t19-;/m1./s1. The lowest BCUT2D eigenvalue weighted by Crippen LogP contribution is -2.49. The quantitative estimate of drug-likeness (QED) is 0.634. The van der Waals surface area contributed by atoms with Crippen molar-refractivity contribution in [2.45, 2.75) is 12.2 Å². The number of hydrogen-bond donors (Lipinski definition) is 1. The third-order valence-electron chi connectivity index (χ3n) is 4.92. The van der Waals surface area contributed by atoms with Crippen LogP contribution >= 0.6 is 12.4 Å². The molecule has 0 aliphatic carbocycles. The largest absolute Gasteiger partial charge is 0.408 e. The number of benzene rings is 3. The van der Waals surface area contributed by atoms with Gasteiger partial charge in [-0.3, -0.25) is 4.90 Å². The van der Waals surface area contributed by atoms with E-state index in [0.29, 0.717) is 37.1 Å². The van der Waals surface area contributed by atoms with E-state index in [1.165, 1.54) is 0 Å². The van der Waals surface area contributed by atoms with Crippen LogP contribution in [0.3, 0.4) is 0 Å². The fourth-order valence-corrected chi connectivity index (χ4v) is 3.83. The number of hydrogen-bond acceptors (Lipinski definition) is 2. The summed E-state index contributed by atoms with van der Waals surface area (Å²) in [6.45, 7) is 1.95. The third-order valence-corrected chi connectivity index (χ3v) is 4.92. The van der Waals surface area contributed by atoms with Crippen LogP contribution in [-0.4, -0.2) is 37.3 Å². The van der Waals surface area contributed by atoms with Crippen molar-refractivity contribution in [3.63, 3.8) is 0 Å². The molecule has 1 N–H and O–H groups in total. The topological polar surface area (TPSA) is 15.3 Å². The van der Waals surface area contributed by atoms with Gasteiger partial charge in [-0.25, -0.2) is 0 Å². The maximum absolute atomic E-state index is 14.1. The summed E-state index contributed by atoms with van der Waals surface area (Å²) in [5.41, 5.74) is 0.351. The van der Waals surface area contributed by atoms with Gasteiger partial charge in [0.25, 0.3) is 0 Å². The SMILES string of the molecule is Cl.FC(F)(F)[C@@H](c1cc2ccccc2c2ccccc12)N1CCNCC1. The second-order valence-electron chi connectivity index (χ2n) is 6.46. The zero-order valence-corrected chi connectivity index (χ0v) is 14.9. The van der Waals surface area contributed by atoms with Gasteiger partial charge >= 0.3 is 6.18 Å². The lowest BCUT2D eigenvalue weighted by Gasteiger charge is -2.36. The van der Waals surface area contributed by atoms with E-state index in [1.807, 2.05) is 42.5 Å². The fourth-order valence-electron chi connectivity index (χ4n) is 3.83. The van der Waals surface area contributed by atoms with Crippen molar-refractivity contribution in [2.24, 2.45) is 0 Å². The van der Waals surface area contributed by atoms with Crippen molar-refractivity contribution in [1.82, 2.24) is 10.2 Å². The molecule has 26 heavy (non-hydrogen) atoms. The average Bonchev–Trinajstić information content (AvgIpc) is 2.62. The molecular formula is C20H20ClF3N2. The van der Waals surface area contributed by atoms with Crippen LogP contribution < -0.4 is 5.32 Å². The van der Waals surface area contributed by atoms with Gasteiger partial charge in [-0.05, 0) is 33.2 Å². The lowest BCUT2D eigenvalue weighted by atomic mass is 9.92. The first-order valence-electron chi connectivity index (χ1n) is 8.47. The van der Waals surface area contributed by atoms with Gasteiger partial charge in [-0.15, -0.1) is 12.4 Å². The summed E-state index contributed by atoms with van der Waals surface area (Å²) in [6, 6.07) is 15.2. The summed E-state index contributed by atoms with van der Waals surface area (Å²) in [5, 5.41) is 6.52. The molecule has 0 bridgehead atoms. The monoisotopic (exact) mass is 380 g/mol. The molecule has 4 rings (SSSR count). The number of rotatable bonds is 2. The predicted molar refractivity (Wildman–Crippen MR) is 102 cm³/mol. The maximum Gasteiger partial charge on any atom is 0.408 e. The molecule has 0 saturated carbocycles. The normalized spacial score (nSPS) is 17.2. The van der Waals surface area contributed by atoms with Crippen LogP contribution in [0.4, 0.5) is 13.2 Å². The molecule has 1 atom stereocenters. The number of alkyl halides is 3. The van der Waals surface area contributed by atoms with E-state index in [1.54, 1.807) is 17.0 Å². The summed E-state index contributed by atoms with van der Waals surface area (Å²) in [5.74, 6) is 0. The summed E-state index contributed by atoms with van der Waals surface area (Å²) in [6.07, 6.45) is -4.32. The molecule has 1 fully saturated rings. The second-order valence-corrected chi connectivity index (χ2v) is 6.46. The molecule has 0 aromatic heterocycles. The van der Waals surface area contributed by atoms with Crippen LogP contribution in [0, 0.1) is 0 Å². The van der Waals surface area contributed by atoms with E-state index >= 15 is 0 Å². The van der Waals surface area contributed by atoms with Gasteiger partial charge in [0.1, 0.15) is 6.04 Å². The van der Waals surface area contributed by atoms with E-state index in [2.05, 4.69) is 5.32 Å². The highest BCUT2D eigenvalue weighted by Gasteiger charge is 2.45. The number of fused-ring (bicyclic) bond motifs is 3. The first kappa shape index (κ1) is 19.0. The first-order valence-corrected chi connectivity index (χ1v) is 8.47. The minimum Gasteiger partial charge on any atom is -0.314 e. The maximum atomic E-state index is 14.1. The Kier molecular flexibility index (Phi) is 5.42. The molecule has 1 heterocycles. The van der Waals surface area contributed by atoms with Crippen LogP contribution in [0.1, 0.15) is 11.6 Å². The molecule has 1 aliphatic rings. The molecule has 0 amide bonds. The van der Waals surface area contributed by atoms with Gasteiger partial charge in [-0.2, -0.15) is 13.2 Å². The van der Waals surface area contributed by atoms with E-state index in [-0.39, 0.29) is 12.4 Å². The van der Waals surface area contributed by atoms with E-state index in [9.17, 15) is 13.2 Å². The van der Waals surface area contributed by atoms with Crippen LogP contribution in [0.25, 0.3) is 21.5 Å². The number of nitrogens with zero attached hydrogens (tertiary/aromatic N) is 1. The predicted octanol–water partition coefficient (Wildman–Crippen LogP) is 4.92. The van der Waals surface area contributed by atoms with Crippen LogP contribution in [0.5, 0.6) is 0 Å². The van der Waals surface area contributed by atoms with Gasteiger partial charge in [-0.1, -0.05) is 48.5 Å². The zero-order chi connectivity index (χ0) is 17.4. The third kappa shape index (κ3) is 3.39. The summed E-state index contributed by atoms with van der Waals surface area (Å²) >= 11 is 0. The molecule has 3 aromatic rings. The Morgan fingerprint density at radius 1 is 0.846 bits per heavy atom. The molecule has 1 aliphatic heterocycles. The molecular weight excluding hydrogens is 361 g/mol. The van der Waals surface area contributed by atoms with Gasteiger partial charge in [0.2, 0.25) is 0 Å². The smallest absolute Gasteiger partial charge is 0.314 e. The van der Waals surface area contributed by atoms with E-state index in [0.717, 1.165) is 16.2 Å². The van der Waals surface area contributed by atoms with E-state index < -0.39 is 12.2 Å². The molecule has 1 saturated heterocycles. The van der Waals surface area contributed by atoms with Crippen molar-refractivity contribution >= 4 is 34.0 Å². The minimum atomic E-state index is -4.32. The molecule has 3 aromatic carbocycles. The number of piperazine rings is 1. The Balaban J connectivity index is 0.00000196. The second kappa shape index (κ2) is 7.43. The summed E-state index contributed by atoms with van der Waals surface area (Å²) < 4.78 is 42.2. The Labute approximate surface area is 156 Å². The van der Waals surface area contributed by atoms with Crippen molar-refractivity contribution in [3.05, 3.63) is 60.2 Å². The van der Waals surface area contributed by atoms with Crippen molar-refractivity contribution in [3.8, 4) is 0 Å². The molecule has 0 radical (unpaired) electrons. The van der Waals surface area contributed by atoms with Crippen LogP contribution in [0.15, 0.2) is 54.6 Å². The summed E-state index contributed by atoms with van der Waals surface area (Å²) in [4.78, 5) is 1.55. The number of halogens is 4. The molecule has 2 nitrogen and oxygen atoms in total. The average molecular weight is 381 g/mol. The highest BCUT2D eigenvalue weighted by atomic mass is 35.5. The zero-order valence-electron chi connectivity index (χ0n) is 14.1. The van der Waals surface area contributed by atoms with Crippen LogP contribution in [0.2, 0.25) is 0 Å². The van der Waals surface area contributed by atoms with E-state index in [4.69, 9.17) is 0 Å². The molecule has 6 heteroatoms. The van der Waals surface area contributed by atoms with Crippen molar-refractivity contribution < 1.29 is 13.2 Å². The molecule has 0 spiro atoms. The summed E-state index contributed by atoms with van der Waals surface area (Å²) in [7, 11) is 0.